The lowest BCUT2D eigenvalue weighted by molar-refractivity contribution is -0.137. The van der Waals surface area contributed by atoms with Crippen LogP contribution in [-0.2, 0) is 6.18 Å². The molecule has 23 heavy (non-hydrogen) atoms. The Morgan fingerprint density at radius 3 is 2.52 bits per heavy atom. The Labute approximate surface area is 134 Å². The molecule has 128 valence electrons. The number of carbonyl (C=O) groups is 1. The zero-order valence-corrected chi connectivity index (χ0v) is 13.6. The molecule has 1 aliphatic carbocycles. The number of hydrogen-bond donors (Lipinski definition) is 2. The molecule has 2 amide bonds. The fourth-order valence-corrected chi connectivity index (χ4v) is 3.42. The van der Waals surface area contributed by atoms with Crippen molar-refractivity contribution < 1.29 is 18.0 Å². The fraction of sp³-hybridized carbons (Fsp3) is 0.588. The molecule has 2 N–H and O–H groups in total. The Hall–Kier alpha value is -1.72. The van der Waals surface area contributed by atoms with Crippen LogP contribution in [0.4, 0.5) is 23.7 Å². The third-order valence-corrected chi connectivity index (χ3v) is 4.59. The standard InChI is InChI=1S/C17H23F3N2O/c1-10-7-13(17(18,19)20)9-14(8-10)22-16(23)21-12(3)15-6-4-5-11(15)2/h7-9,11-12,15H,4-6H2,1-3H3,(H2,21,22,23)/t11?,12-,15?/m0/s1. The molecule has 0 aromatic heterocycles. The van der Waals surface area contributed by atoms with Crippen molar-refractivity contribution in [3.05, 3.63) is 29.3 Å². The normalized spacial score (nSPS) is 22.7. The van der Waals surface area contributed by atoms with Gasteiger partial charge >= 0.3 is 12.2 Å². The van der Waals surface area contributed by atoms with E-state index in [0.717, 1.165) is 31.4 Å². The SMILES string of the molecule is Cc1cc(NC(=O)N[C@@H](C)C2CCCC2C)cc(C(F)(F)F)c1. The topological polar surface area (TPSA) is 41.1 Å². The third kappa shape index (κ3) is 4.62. The first-order chi connectivity index (χ1) is 10.7. The van der Waals surface area contributed by atoms with Crippen LogP contribution in [0.3, 0.4) is 0 Å². The minimum atomic E-state index is -4.43. The van der Waals surface area contributed by atoms with Gasteiger partial charge in [0.05, 0.1) is 5.56 Å². The van der Waals surface area contributed by atoms with Crippen molar-refractivity contribution in [1.82, 2.24) is 5.32 Å². The number of halogens is 3. The molecule has 1 aromatic rings. The van der Waals surface area contributed by atoms with E-state index in [-0.39, 0.29) is 11.7 Å². The third-order valence-electron chi connectivity index (χ3n) is 4.59. The Bertz CT molecular complexity index is 571. The summed E-state index contributed by atoms with van der Waals surface area (Å²) >= 11 is 0. The predicted molar refractivity (Wildman–Crippen MR) is 84.3 cm³/mol. The van der Waals surface area contributed by atoms with Crippen LogP contribution in [0.5, 0.6) is 0 Å². The lowest BCUT2D eigenvalue weighted by Crippen LogP contribution is -2.41. The number of benzene rings is 1. The van der Waals surface area contributed by atoms with Crippen LogP contribution in [0.25, 0.3) is 0 Å². The van der Waals surface area contributed by atoms with Crippen molar-refractivity contribution >= 4 is 11.7 Å². The highest BCUT2D eigenvalue weighted by Crippen LogP contribution is 2.34. The molecule has 0 heterocycles. The summed E-state index contributed by atoms with van der Waals surface area (Å²) in [6, 6.07) is 3.08. The predicted octanol–water partition coefficient (Wildman–Crippen LogP) is 4.96. The zero-order chi connectivity index (χ0) is 17.2. The summed E-state index contributed by atoms with van der Waals surface area (Å²) in [6.45, 7) is 5.69. The van der Waals surface area contributed by atoms with Gasteiger partial charge in [-0.3, -0.25) is 0 Å². The van der Waals surface area contributed by atoms with E-state index < -0.39 is 17.8 Å². The molecule has 0 aliphatic heterocycles. The second kappa shape index (κ2) is 6.81. The number of alkyl halides is 3. The largest absolute Gasteiger partial charge is 0.416 e. The van der Waals surface area contributed by atoms with Crippen molar-refractivity contribution in [2.24, 2.45) is 11.8 Å². The molecule has 2 rings (SSSR count). The number of rotatable bonds is 3. The number of aryl methyl sites for hydroxylation is 1. The molecule has 0 spiro atoms. The van der Waals surface area contributed by atoms with E-state index >= 15 is 0 Å². The monoisotopic (exact) mass is 328 g/mol. The maximum absolute atomic E-state index is 12.8. The highest BCUT2D eigenvalue weighted by Gasteiger charge is 2.31. The lowest BCUT2D eigenvalue weighted by Gasteiger charge is -2.24. The maximum Gasteiger partial charge on any atom is 0.416 e. The van der Waals surface area contributed by atoms with Crippen LogP contribution in [0.2, 0.25) is 0 Å². The summed E-state index contributed by atoms with van der Waals surface area (Å²) < 4.78 is 38.4. The smallest absolute Gasteiger partial charge is 0.335 e. The van der Waals surface area contributed by atoms with Crippen molar-refractivity contribution in [3.63, 3.8) is 0 Å². The molecule has 1 saturated carbocycles. The molecule has 0 bridgehead atoms. The minimum Gasteiger partial charge on any atom is -0.335 e. The number of amides is 2. The molecular formula is C17H23F3N2O. The molecule has 2 unspecified atom stereocenters. The van der Waals surface area contributed by atoms with Gasteiger partial charge in [-0.15, -0.1) is 0 Å². The molecule has 3 atom stereocenters. The van der Waals surface area contributed by atoms with E-state index in [2.05, 4.69) is 17.6 Å². The van der Waals surface area contributed by atoms with Gasteiger partial charge in [-0.2, -0.15) is 13.2 Å². The van der Waals surface area contributed by atoms with Crippen LogP contribution in [-0.4, -0.2) is 12.1 Å². The number of carbonyl (C=O) groups excluding carboxylic acids is 1. The molecule has 0 radical (unpaired) electrons. The summed E-state index contributed by atoms with van der Waals surface area (Å²) in [4.78, 5) is 12.1. The molecular weight excluding hydrogens is 305 g/mol. The van der Waals surface area contributed by atoms with E-state index in [9.17, 15) is 18.0 Å². The van der Waals surface area contributed by atoms with Gasteiger partial charge in [0.15, 0.2) is 0 Å². The van der Waals surface area contributed by atoms with Crippen molar-refractivity contribution in [2.75, 3.05) is 5.32 Å². The average molecular weight is 328 g/mol. The number of urea groups is 1. The Morgan fingerprint density at radius 1 is 1.26 bits per heavy atom. The fourth-order valence-electron chi connectivity index (χ4n) is 3.42. The maximum atomic E-state index is 12.8. The Balaban J connectivity index is 2.01. The van der Waals surface area contributed by atoms with Gasteiger partial charge in [0.1, 0.15) is 0 Å². The number of hydrogen-bond acceptors (Lipinski definition) is 1. The first kappa shape index (κ1) is 17.6. The van der Waals surface area contributed by atoms with Gasteiger partial charge in [0, 0.05) is 11.7 Å². The van der Waals surface area contributed by atoms with Crippen molar-refractivity contribution in [3.8, 4) is 0 Å². The van der Waals surface area contributed by atoms with Gasteiger partial charge in [-0.1, -0.05) is 19.8 Å². The van der Waals surface area contributed by atoms with Crippen molar-refractivity contribution in [1.29, 1.82) is 0 Å². The summed E-state index contributed by atoms with van der Waals surface area (Å²) in [5.74, 6) is 0.977. The highest BCUT2D eigenvalue weighted by molar-refractivity contribution is 5.89. The van der Waals surface area contributed by atoms with Crippen LogP contribution < -0.4 is 10.6 Å². The molecule has 1 aliphatic rings. The van der Waals surface area contributed by atoms with E-state index in [1.807, 2.05) is 6.92 Å². The van der Waals surface area contributed by atoms with Crippen LogP contribution >= 0.6 is 0 Å². The van der Waals surface area contributed by atoms with Crippen LogP contribution in [0.1, 0.15) is 44.2 Å². The second-order valence-corrected chi connectivity index (χ2v) is 6.54. The summed E-state index contributed by atoms with van der Waals surface area (Å²) in [7, 11) is 0. The quantitative estimate of drug-likeness (QED) is 0.809. The highest BCUT2D eigenvalue weighted by atomic mass is 19.4. The summed E-state index contributed by atoms with van der Waals surface area (Å²) in [6.07, 6.45) is -1.03. The van der Waals surface area contributed by atoms with Gasteiger partial charge in [0.25, 0.3) is 0 Å². The molecule has 0 saturated heterocycles. The number of anilines is 1. The van der Waals surface area contributed by atoms with Gasteiger partial charge < -0.3 is 10.6 Å². The van der Waals surface area contributed by atoms with E-state index in [1.165, 1.54) is 6.07 Å². The van der Waals surface area contributed by atoms with Gasteiger partial charge in [0.2, 0.25) is 0 Å². The Kier molecular flexibility index (Phi) is 5.22. The molecule has 1 aromatic carbocycles. The molecule has 6 heteroatoms. The van der Waals surface area contributed by atoms with Gasteiger partial charge in [-0.25, -0.2) is 4.79 Å². The average Bonchev–Trinajstić information content (AvgIpc) is 2.83. The van der Waals surface area contributed by atoms with E-state index in [1.54, 1.807) is 6.92 Å². The summed E-state index contributed by atoms with van der Waals surface area (Å²) in [5.41, 5.74) is -0.153. The summed E-state index contributed by atoms with van der Waals surface area (Å²) in [5, 5.41) is 5.36. The van der Waals surface area contributed by atoms with Crippen LogP contribution in [0.15, 0.2) is 18.2 Å². The first-order valence-electron chi connectivity index (χ1n) is 7.93. The van der Waals surface area contributed by atoms with E-state index in [4.69, 9.17) is 0 Å². The zero-order valence-electron chi connectivity index (χ0n) is 13.6. The number of nitrogens with one attached hydrogen (secondary N) is 2. The Morgan fingerprint density at radius 2 is 1.96 bits per heavy atom. The van der Waals surface area contributed by atoms with E-state index in [0.29, 0.717) is 17.4 Å². The lowest BCUT2D eigenvalue weighted by atomic mass is 9.91. The molecule has 3 nitrogen and oxygen atoms in total. The first-order valence-corrected chi connectivity index (χ1v) is 7.93. The van der Waals surface area contributed by atoms with Crippen molar-refractivity contribution in [2.45, 2.75) is 52.3 Å². The van der Waals surface area contributed by atoms with Crippen LogP contribution in [0, 0.1) is 18.8 Å². The second-order valence-electron chi connectivity index (χ2n) is 6.54. The van der Waals surface area contributed by atoms with Gasteiger partial charge in [-0.05, 0) is 55.9 Å². The molecule has 1 fully saturated rings. The minimum absolute atomic E-state index is 0.000560.